The lowest BCUT2D eigenvalue weighted by Gasteiger charge is -2.34. The van der Waals surface area contributed by atoms with Gasteiger partial charge in [0.2, 0.25) is 5.91 Å². The van der Waals surface area contributed by atoms with Gasteiger partial charge in [-0.2, -0.15) is 5.10 Å². The number of halogens is 1. The fraction of sp³-hybridized carbons (Fsp3) is 0.296. The van der Waals surface area contributed by atoms with Crippen molar-refractivity contribution in [2.24, 2.45) is 5.92 Å². The van der Waals surface area contributed by atoms with Crippen LogP contribution in [-0.2, 0) is 4.79 Å². The second-order valence-electron chi connectivity index (χ2n) is 10.1. The molecule has 2 fully saturated rings. The van der Waals surface area contributed by atoms with Crippen molar-refractivity contribution in [1.29, 1.82) is 0 Å². The highest BCUT2D eigenvalue weighted by molar-refractivity contribution is 5.98. The molecule has 5 heterocycles. The number of aromatic amines is 2. The number of nitrogens with zero attached hydrogens (tertiary/aromatic N) is 6. The number of nitrogens with one attached hydrogen (secondary N) is 3. The molecule has 4 aromatic heterocycles. The maximum atomic E-state index is 15.2. The van der Waals surface area contributed by atoms with Crippen LogP contribution in [-0.4, -0.2) is 74.2 Å². The number of hydrogen-bond acceptors (Lipinski definition) is 7. The summed E-state index contributed by atoms with van der Waals surface area (Å²) in [5.74, 6) is 0.157. The van der Waals surface area contributed by atoms with Gasteiger partial charge in [-0.15, -0.1) is 0 Å². The average Bonchev–Trinajstić information content (AvgIpc) is 3.55. The van der Waals surface area contributed by atoms with Gasteiger partial charge in [-0.3, -0.25) is 14.9 Å². The van der Waals surface area contributed by atoms with E-state index in [0.717, 1.165) is 50.2 Å². The van der Waals surface area contributed by atoms with Gasteiger partial charge in [0, 0.05) is 55.4 Å². The Hall–Kier alpha value is -4.38. The highest BCUT2D eigenvalue weighted by Crippen LogP contribution is 2.34. The Balaban J connectivity index is 1.27. The largest absolute Gasteiger partial charge is 0.367 e. The number of anilines is 2. The molecule has 0 radical (unpaired) electrons. The van der Waals surface area contributed by atoms with Crippen molar-refractivity contribution in [1.82, 2.24) is 35.0 Å². The minimum absolute atomic E-state index is 0.00265. The van der Waals surface area contributed by atoms with Gasteiger partial charge in [0.25, 0.3) is 0 Å². The summed E-state index contributed by atoms with van der Waals surface area (Å²) in [6.45, 7) is 3.80. The number of benzene rings is 1. The molecule has 2 aliphatic rings. The van der Waals surface area contributed by atoms with Crippen LogP contribution < -0.4 is 10.2 Å². The lowest BCUT2D eigenvalue weighted by Crippen LogP contribution is -2.44. The highest BCUT2D eigenvalue weighted by Gasteiger charge is 2.29. The van der Waals surface area contributed by atoms with Crippen LogP contribution in [0.4, 0.5) is 15.8 Å². The maximum Gasteiger partial charge on any atom is 0.227 e. The second kappa shape index (κ2) is 8.88. The number of pyridine rings is 2. The normalized spacial score (nSPS) is 16.4. The van der Waals surface area contributed by atoms with Gasteiger partial charge in [-0.25, -0.2) is 14.4 Å². The first kappa shape index (κ1) is 22.8. The summed E-state index contributed by atoms with van der Waals surface area (Å²) in [6, 6.07) is 7.10. The first-order valence-corrected chi connectivity index (χ1v) is 12.8. The van der Waals surface area contributed by atoms with E-state index in [0.29, 0.717) is 39.4 Å². The molecule has 7 rings (SSSR count). The fourth-order valence-corrected chi connectivity index (χ4v) is 5.01. The third-order valence-electron chi connectivity index (χ3n) is 7.35. The standard InChI is InChI=1S/C27H26FN9O/c1-36-6-8-37(9-7-36)21-4-5-30-25-24(21)32-26(33-25)23-19-11-16(12-20(28)22(19)34-35-23)17-10-18(14-29-13-17)31-27(38)15-2-3-15/h4-5,10-15H,2-3,6-9H2,1H3,(H,31,38)(H,34,35)(H,30,32,33). The van der Waals surface area contributed by atoms with Crippen LogP contribution in [0.15, 0.2) is 42.9 Å². The predicted molar refractivity (Wildman–Crippen MR) is 143 cm³/mol. The van der Waals surface area contributed by atoms with Crippen molar-refractivity contribution in [3.8, 4) is 22.6 Å². The van der Waals surface area contributed by atoms with Crippen LogP contribution in [0, 0.1) is 11.7 Å². The summed E-state index contributed by atoms with van der Waals surface area (Å²) >= 11 is 0. The SMILES string of the molecule is CN1CCN(c2ccnc3nc(-c4[nH]nc5c(F)cc(-c6cncc(NC(=O)C7CC7)c6)cc45)[nH]c23)CC1. The third-order valence-corrected chi connectivity index (χ3v) is 7.35. The smallest absolute Gasteiger partial charge is 0.227 e. The summed E-state index contributed by atoms with van der Waals surface area (Å²) in [7, 11) is 2.13. The molecule has 1 aromatic carbocycles. The average molecular weight is 512 g/mol. The number of imidazole rings is 1. The zero-order valence-corrected chi connectivity index (χ0v) is 20.8. The molecule has 1 saturated carbocycles. The lowest BCUT2D eigenvalue weighted by molar-refractivity contribution is -0.117. The third kappa shape index (κ3) is 4.04. The number of hydrogen-bond donors (Lipinski definition) is 3. The van der Waals surface area contributed by atoms with Gasteiger partial charge < -0.3 is 20.1 Å². The molecule has 0 unspecified atom stereocenters. The van der Waals surface area contributed by atoms with Crippen molar-refractivity contribution >= 4 is 39.3 Å². The van der Waals surface area contributed by atoms with Crippen molar-refractivity contribution in [2.75, 3.05) is 43.4 Å². The van der Waals surface area contributed by atoms with Crippen LogP contribution in [0.2, 0.25) is 0 Å². The number of aromatic nitrogens is 6. The van der Waals surface area contributed by atoms with E-state index in [2.05, 4.69) is 47.3 Å². The minimum atomic E-state index is -0.459. The molecule has 1 amide bonds. The van der Waals surface area contributed by atoms with Gasteiger partial charge in [-0.05, 0) is 49.7 Å². The number of carbonyl (C=O) groups excluding carboxylic acids is 1. The van der Waals surface area contributed by atoms with Crippen molar-refractivity contribution in [3.63, 3.8) is 0 Å². The van der Waals surface area contributed by atoms with Gasteiger partial charge in [-0.1, -0.05) is 0 Å². The number of rotatable bonds is 5. The molecule has 1 saturated heterocycles. The molecule has 3 N–H and O–H groups in total. The summed E-state index contributed by atoms with van der Waals surface area (Å²) in [4.78, 5) is 33.7. The van der Waals surface area contributed by atoms with E-state index in [-0.39, 0.29) is 17.3 Å². The molecule has 192 valence electrons. The van der Waals surface area contributed by atoms with Crippen LogP contribution in [0.1, 0.15) is 12.8 Å². The van der Waals surface area contributed by atoms with E-state index in [1.807, 2.05) is 12.1 Å². The Labute approximate surface area is 217 Å². The number of fused-ring (bicyclic) bond motifs is 2. The zero-order valence-electron chi connectivity index (χ0n) is 20.8. The van der Waals surface area contributed by atoms with E-state index in [4.69, 9.17) is 4.98 Å². The number of carbonyl (C=O) groups is 1. The Bertz CT molecular complexity index is 1680. The summed E-state index contributed by atoms with van der Waals surface area (Å²) in [5, 5.41) is 10.7. The maximum absolute atomic E-state index is 15.2. The van der Waals surface area contributed by atoms with E-state index < -0.39 is 5.82 Å². The van der Waals surface area contributed by atoms with Crippen molar-refractivity contribution < 1.29 is 9.18 Å². The Kier molecular flexibility index (Phi) is 5.32. The van der Waals surface area contributed by atoms with Gasteiger partial charge in [0.1, 0.15) is 16.7 Å². The Morgan fingerprint density at radius 3 is 2.76 bits per heavy atom. The molecule has 1 aliphatic carbocycles. The molecule has 0 atom stereocenters. The van der Waals surface area contributed by atoms with E-state index >= 15 is 4.39 Å². The summed E-state index contributed by atoms with van der Waals surface area (Å²) < 4.78 is 15.2. The van der Waals surface area contributed by atoms with Crippen LogP contribution in [0.5, 0.6) is 0 Å². The monoisotopic (exact) mass is 511 g/mol. The van der Waals surface area contributed by atoms with Crippen LogP contribution in [0.3, 0.4) is 0 Å². The molecule has 1 aliphatic heterocycles. The number of H-pyrrole nitrogens is 2. The second-order valence-corrected chi connectivity index (χ2v) is 10.1. The molecule has 10 nitrogen and oxygen atoms in total. The van der Waals surface area contributed by atoms with E-state index in [1.54, 1.807) is 24.7 Å². The number of amides is 1. The number of piperazine rings is 1. The molecule has 5 aromatic rings. The first-order valence-electron chi connectivity index (χ1n) is 12.8. The molecular weight excluding hydrogens is 485 g/mol. The summed E-state index contributed by atoms with van der Waals surface area (Å²) in [5.41, 5.74) is 5.20. The lowest BCUT2D eigenvalue weighted by atomic mass is 10.0. The first-order chi connectivity index (χ1) is 18.5. The topological polar surface area (TPSA) is 119 Å². The highest BCUT2D eigenvalue weighted by atomic mass is 19.1. The van der Waals surface area contributed by atoms with Crippen molar-refractivity contribution in [3.05, 3.63) is 48.7 Å². The van der Waals surface area contributed by atoms with Gasteiger partial charge in [0.05, 0.1) is 17.6 Å². The van der Waals surface area contributed by atoms with Gasteiger partial charge >= 0.3 is 0 Å². The van der Waals surface area contributed by atoms with Gasteiger partial charge in [0.15, 0.2) is 17.3 Å². The fourth-order valence-electron chi connectivity index (χ4n) is 5.01. The Morgan fingerprint density at radius 2 is 1.95 bits per heavy atom. The molecule has 0 bridgehead atoms. The predicted octanol–water partition coefficient (Wildman–Crippen LogP) is 3.80. The molecule has 11 heteroatoms. The van der Waals surface area contributed by atoms with E-state index in [9.17, 15) is 4.79 Å². The quantitative estimate of drug-likeness (QED) is 0.328. The van der Waals surface area contributed by atoms with E-state index in [1.165, 1.54) is 6.07 Å². The molecular formula is C27H26FN9O. The molecule has 0 spiro atoms. The summed E-state index contributed by atoms with van der Waals surface area (Å²) in [6.07, 6.45) is 6.85. The minimum Gasteiger partial charge on any atom is -0.367 e. The zero-order chi connectivity index (χ0) is 25.8. The Morgan fingerprint density at radius 1 is 1.11 bits per heavy atom. The van der Waals surface area contributed by atoms with Crippen LogP contribution >= 0.6 is 0 Å². The number of likely N-dealkylation sites (N-methyl/N-ethyl adjacent to an activating group) is 1. The van der Waals surface area contributed by atoms with Crippen LogP contribution in [0.25, 0.3) is 44.7 Å². The van der Waals surface area contributed by atoms with Crippen molar-refractivity contribution in [2.45, 2.75) is 12.8 Å². The molecule has 38 heavy (non-hydrogen) atoms.